The first kappa shape index (κ1) is 13.9. The lowest BCUT2D eigenvalue weighted by atomic mass is 10.1. The fraction of sp³-hybridized carbons (Fsp3) is 0.133. The highest BCUT2D eigenvalue weighted by atomic mass is 35.5. The van der Waals surface area contributed by atoms with Crippen LogP contribution in [0.4, 0.5) is 0 Å². The molecule has 1 aliphatic rings. The van der Waals surface area contributed by atoms with E-state index in [2.05, 4.69) is 48.5 Å². The van der Waals surface area contributed by atoms with Crippen molar-refractivity contribution in [1.29, 1.82) is 0 Å². The quantitative estimate of drug-likeness (QED) is 0.685. The smallest absolute Gasteiger partial charge is 0.337 e. The molecule has 0 saturated carbocycles. The molecule has 3 rings (SSSR count). The molecular formula is C15H12Cl2O2. The number of halogens is 2. The van der Waals surface area contributed by atoms with Crippen LogP contribution in [0.15, 0.2) is 48.5 Å². The largest absolute Gasteiger partial charge is 0.479 e. The van der Waals surface area contributed by atoms with Crippen molar-refractivity contribution < 1.29 is 9.90 Å². The van der Waals surface area contributed by atoms with Crippen LogP contribution in [0.1, 0.15) is 11.1 Å². The second-order valence-corrected chi connectivity index (χ2v) is 5.23. The molecule has 0 saturated heterocycles. The van der Waals surface area contributed by atoms with Crippen LogP contribution in [-0.4, -0.2) is 15.9 Å². The molecule has 19 heavy (non-hydrogen) atoms. The Morgan fingerprint density at radius 2 is 1.32 bits per heavy atom. The minimum atomic E-state index is -1.29. The number of carbonyl (C=O) groups is 1. The van der Waals surface area contributed by atoms with Gasteiger partial charge >= 0.3 is 5.97 Å². The Labute approximate surface area is 121 Å². The van der Waals surface area contributed by atoms with Crippen LogP contribution < -0.4 is 0 Å². The summed E-state index contributed by atoms with van der Waals surface area (Å²) in [6.45, 7) is 0. The summed E-state index contributed by atoms with van der Waals surface area (Å²) in [5.74, 6) is -1.21. The number of hydrogen-bond donors (Lipinski definition) is 1. The van der Waals surface area contributed by atoms with Crippen molar-refractivity contribution >= 4 is 29.2 Å². The van der Waals surface area contributed by atoms with E-state index < -0.39 is 10.8 Å². The van der Waals surface area contributed by atoms with Gasteiger partial charge in [-0.05, 0) is 28.7 Å². The van der Waals surface area contributed by atoms with Crippen molar-refractivity contribution in [2.45, 2.75) is 11.3 Å². The van der Waals surface area contributed by atoms with Crippen LogP contribution in [0.2, 0.25) is 0 Å². The molecule has 0 aromatic heterocycles. The third kappa shape index (κ3) is 3.28. The fourth-order valence-corrected chi connectivity index (χ4v) is 2.08. The average molecular weight is 295 g/mol. The van der Waals surface area contributed by atoms with Crippen LogP contribution in [0.5, 0.6) is 0 Å². The molecule has 2 nitrogen and oxygen atoms in total. The maximum absolute atomic E-state index is 9.44. The fourth-order valence-electron chi connectivity index (χ4n) is 2.08. The van der Waals surface area contributed by atoms with Gasteiger partial charge in [0.05, 0.1) is 0 Å². The third-order valence-corrected chi connectivity index (χ3v) is 3.27. The van der Waals surface area contributed by atoms with Gasteiger partial charge in [-0.2, -0.15) is 0 Å². The second-order valence-electron chi connectivity index (χ2n) is 4.13. The van der Waals surface area contributed by atoms with Gasteiger partial charge < -0.3 is 5.11 Å². The van der Waals surface area contributed by atoms with Gasteiger partial charge in [0.25, 0.3) is 0 Å². The molecule has 0 atom stereocenters. The molecule has 0 aliphatic heterocycles. The molecule has 0 heterocycles. The Morgan fingerprint density at radius 3 is 1.68 bits per heavy atom. The van der Waals surface area contributed by atoms with E-state index in [0.29, 0.717) is 0 Å². The Bertz CT molecular complexity index is 551. The lowest BCUT2D eigenvalue weighted by Crippen LogP contribution is -2.03. The summed E-state index contributed by atoms with van der Waals surface area (Å²) in [5.41, 5.74) is 5.75. The molecule has 0 spiro atoms. The summed E-state index contributed by atoms with van der Waals surface area (Å²) < 4.78 is 0. The Kier molecular flexibility index (Phi) is 4.46. The summed E-state index contributed by atoms with van der Waals surface area (Å²) in [6, 6.07) is 17.3. The zero-order valence-electron chi connectivity index (χ0n) is 10.0. The molecule has 2 aromatic rings. The molecule has 1 aliphatic carbocycles. The number of rotatable bonds is 1. The van der Waals surface area contributed by atoms with Crippen LogP contribution in [0, 0.1) is 0 Å². The van der Waals surface area contributed by atoms with Gasteiger partial charge in [-0.15, -0.1) is 0 Å². The van der Waals surface area contributed by atoms with E-state index in [4.69, 9.17) is 28.3 Å². The Hall–Kier alpha value is -1.51. The summed E-state index contributed by atoms with van der Waals surface area (Å²) in [4.78, 5) is 8.15. The standard InChI is InChI=1S/C13H10.C2H2Cl2O2/c1-3-7-12-10(5-1)9-11-6-2-4-8-13(11)12;3-1(4)2(5)6/h1-8H,9H2;1H,(H,5,6). The predicted octanol–water partition coefficient (Wildman–Crippen LogP) is 4.13. The lowest BCUT2D eigenvalue weighted by Gasteiger charge is -1.98. The molecule has 2 aromatic carbocycles. The summed E-state index contributed by atoms with van der Waals surface area (Å²) in [7, 11) is 0. The van der Waals surface area contributed by atoms with Crippen molar-refractivity contribution in [3.05, 3.63) is 59.7 Å². The van der Waals surface area contributed by atoms with E-state index in [0.717, 1.165) is 6.42 Å². The van der Waals surface area contributed by atoms with E-state index in [-0.39, 0.29) is 0 Å². The zero-order valence-corrected chi connectivity index (χ0v) is 11.5. The van der Waals surface area contributed by atoms with Gasteiger partial charge in [0, 0.05) is 0 Å². The maximum atomic E-state index is 9.44. The Balaban J connectivity index is 0.000000192. The zero-order chi connectivity index (χ0) is 13.8. The normalized spacial score (nSPS) is 11.3. The van der Waals surface area contributed by atoms with Gasteiger partial charge in [-0.1, -0.05) is 71.7 Å². The van der Waals surface area contributed by atoms with Crippen molar-refractivity contribution in [2.24, 2.45) is 0 Å². The van der Waals surface area contributed by atoms with Crippen LogP contribution in [0.25, 0.3) is 11.1 Å². The maximum Gasteiger partial charge on any atom is 0.337 e. The minimum absolute atomic E-state index is 1.10. The molecule has 1 N–H and O–H groups in total. The SMILES string of the molecule is O=C(O)C(Cl)Cl.c1ccc2c(c1)Cc1ccccc1-2. The van der Waals surface area contributed by atoms with E-state index in [1.807, 2.05) is 0 Å². The Morgan fingerprint density at radius 1 is 0.947 bits per heavy atom. The van der Waals surface area contributed by atoms with Crippen LogP contribution in [-0.2, 0) is 11.2 Å². The first-order valence-electron chi connectivity index (χ1n) is 5.76. The number of benzene rings is 2. The topological polar surface area (TPSA) is 37.3 Å². The van der Waals surface area contributed by atoms with Gasteiger partial charge in [0.1, 0.15) is 0 Å². The van der Waals surface area contributed by atoms with Gasteiger partial charge in [0.2, 0.25) is 4.84 Å². The molecule has 0 radical (unpaired) electrons. The number of carboxylic acid groups (broad SMARTS) is 1. The van der Waals surface area contributed by atoms with Gasteiger partial charge in [0.15, 0.2) is 0 Å². The van der Waals surface area contributed by atoms with Crippen molar-refractivity contribution in [3.63, 3.8) is 0 Å². The minimum Gasteiger partial charge on any atom is -0.479 e. The molecule has 0 fully saturated rings. The molecule has 4 heteroatoms. The monoisotopic (exact) mass is 294 g/mol. The van der Waals surface area contributed by atoms with Crippen molar-refractivity contribution in [1.82, 2.24) is 0 Å². The number of carboxylic acids is 1. The van der Waals surface area contributed by atoms with Crippen molar-refractivity contribution in [2.75, 3.05) is 0 Å². The summed E-state index contributed by atoms with van der Waals surface area (Å²) >= 11 is 9.56. The summed E-state index contributed by atoms with van der Waals surface area (Å²) in [5, 5.41) is 7.73. The van der Waals surface area contributed by atoms with E-state index in [1.165, 1.54) is 22.3 Å². The molecule has 0 amide bonds. The predicted molar refractivity (Wildman–Crippen MR) is 77.8 cm³/mol. The first-order valence-corrected chi connectivity index (χ1v) is 6.64. The molecule has 98 valence electrons. The molecule has 0 unspecified atom stereocenters. The molecule has 0 bridgehead atoms. The number of hydrogen-bond acceptors (Lipinski definition) is 1. The van der Waals surface area contributed by atoms with E-state index >= 15 is 0 Å². The van der Waals surface area contributed by atoms with Crippen LogP contribution >= 0.6 is 23.2 Å². The van der Waals surface area contributed by atoms with E-state index in [9.17, 15) is 4.79 Å². The number of fused-ring (bicyclic) bond motifs is 3. The highest BCUT2D eigenvalue weighted by Crippen LogP contribution is 2.35. The van der Waals surface area contributed by atoms with E-state index in [1.54, 1.807) is 0 Å². The third-order valence-electron chi connectivity index (χ3n) is 2.89. The van der Waals surface area contributed by atoms with Crippen LogP contribution in [0.3, 0.4) is 0 Å². The first-order chi connectivity index (χ1) is 9.09. The second kappa shape index (κ2) is 6.09. The average Bonchev–Trinajstić information content (AvgIpc) is 2.78. The van der Waals surface area contributed by atoms with Gasteiger partial charge in [-0.3, -0.25) is 0 Å². The number of aliphatic carboxylic acids is 1. The van der Waals surface area contributed by atoms with Crippen molar-refractivity contribution in [3.8, 4) is 11.1 Å². The lowest BCUT2D eigenvalue weighted by molar-refractivity contribution is -0.135. The van der Waals surface area contributed by atoms with Gasteiger partial charge in [-0.25, -0.2) is 4.79 Å². The highest BCUT2D eigenvalue weighted by Gasteiger charge is 2.15. The molecular weight excluding hydrogens is 283 g/mol. The highest BCUT2D eigenvalue weighted by molar-refractivity contribution is 6.52. The number of alkyl halides is 2. The summed E-state index contributed by atoms with van der Waals surface area (Å²) in [6.07, 6.45) is 1.10.